The molecule has 1 heterocycles. The van der Waals surface area contributed by atoms with Gasteiger partial charge in [0.05, 0.1) is 12.2 Å². The standard InChI is InChI=1S/C20H34O2/c1-14-7-8-17-19(4)11-6-10-18(2,3)16(19)9-12-20(17,5)22-15(14)13-21/h15-17,21H,1,6-13H2,2-5H3/t15-,16+,17-,19+,20-/m1/s1. The van der Waals surface area contributed by atoms with Crippen molar-refractivity contribution in [1.82, 2.24) is 0 Å². The second-order valence-electron chi connectivity index (χ2n) is 9.29. The van der Waals surface area contributed by atoms with Crippen LogP contribution in [0, 0.1) is 22.7 Å². The number of fused-ring (bicyclic) bond motifs is 3. The van der Waals surface area contributed by atoms with Gasteiger partial charge in [-0.25, -0.2) is 0 Å². The van der Waals surface area contributed by atoms with Crippen LogP contribution in [0.1, 0.15) is 72.6 Å². The predicted molar refractivity (Wildman–Crippen MR) is 90.7 cm³/mol. The Balaban J connectivity index is 1.96. The molecule has 126 valence electrons. The zero-order valence-corrected chi connectivity index (χ0v) is 15.0. The normalized spacial score (nSPS) is 48.2. The number of aliphatic hydroxyl groups is 1. The summed E-state index contributed by atoms with van der Waals surface area (Å²) in [5.74, 6) is 1.39. The van der Waals surface area contributed by atoms with Crippen LogP contribution in [0.5, 0.6) is 0 Å². The first kappa shape index (κ1) is 16.5. The first-order valence-electron chi connectivity index (χ1n) is 9.19. The van der Waals surface area contributed by atoms with Gasteiger partial charge in [0.15, 0.2) is 0 Å². The van der Waals surface area contributed by atoms with E-state index in [4.69, 9.17) is 4.74 Å². The summed E-state index contributed by atoms with van der Waals surface area (Å²) in [5.41, 5.74) is 1.83. The highest BCUT2D eigenvalue weighted by Gasteiger charge is 2.59. The van der Waals surface area contributed by atoms with Gasteiger partial charge in [0.1, 0.15) is 6.10 Å². The highest BCUT2D eigenvalue weighted by atomic mass is 16.5. The Bertz CT molecular complexity index is 455. The summed E-state index contributed by atoms with van der Waals surface area (Å²) >= 11 is 0. The van der Waals surface area contributed by atoms with Gasteiger partial charge in [0.25, 0.3) is 0 Å². The van der Waals surface area contributed by atoms with E-state index in [1.807, 2.05) is 0 Å². The van der Waals surface area contributed by atoms with E-state index in [0.717, 1.165) is 24.3 Å². The Kier molecular flexibility index (Phi) is 4.01. The van der Waals surface area contributed by atoms with Crippen LogP contribution in [0.25, 0.3) is 0 Å². The summed E-state index contributed by atoms with van der Waals surface area (Å²) in [6.07, 6.45) is 8.46. The molecule has 1 saturated heterocycles. The van der Waals surface area contributed by atoms with Crippen molar-refractivity contribution < 1.29 is 9.84 Å². The number of ether oxygens (including phenoxy) is 1. The van der Waals surface area contributed by atoms with E-state index in [1.165, 1.54) is 32.1 Å². The molecule has 2 heteroatoms. The van der Waals surface area contributed by atoms with E-state index in [2.05, 4.69) is 34.3 Å². The van der Waals surface area contributed by atoms with E-state index in [-0.39, 0.29) is 18.3 Å². The summed E-state index contributed by atoms with van der Waals surface area (Å²) in [6, 6.07) is 0. The van der Waals surface area contributed by atoms with Gasteiger partial charge in [-0.05, 0) is 73.7 Å². The minimum atomic E-state index is -0.160. The monoisotopic (exact) mass is 306 g/mol. The van der Waals surface area contributed by atoms with E-state index in [9.17, 15) is 5.11 Å². The van der Waals surface area contributed by atoms with E-state index >= 15 is 0 Å². The molecule has 3 fully saturated rings. The van der Waals surface area contributed by atoms with Crippen LogP contribution < -0.4 is 0 Å². The van der Waals surface area contributed by atoms with E-state index in [1.54, 1.807) is 0 Å². The minimum Gasteiger partial charge on any atom is -0.393 e. The maximum Gasteiger partial charge on any atom is 0.102 e. The summed E-state index contributed by atoms with van der Waals surface area (Å²) in [7, 11) is 0. The number of aliphatic hydroxyl groups excluding tert-OH is 1. The molecule has 0 bridgehead atoms. The van der Waals surface area contributed by atoms with E-state index < -0.39 is 0 Å². The fraction of sp³-hybridized carbons (Fsp3) is 0.900. The first-order chi connectivity index (χ1) is 10.2. The number of rotatable bonds is 1. The lowest BCUT2D eigenvalue weighted by Crippen LogP contribution is -2.58. The highest BCUT2D eigenvalue weighted by Crippen LogP contribution is 2.64. The van der Waals surface area contributed by atoms with Gasteiger partial charge in [0, 0.05) is 0 Å². The molecule has 0 aromatic rings. The third-order valence-corrected chi connectivity index (χ3v) is 7.53. The SMILES string of the molecule is C=C1CC[C@@H]2[C@@]3(C)CCCC(C)(C)[C@@H]3CC[C@@]2(C)O[C@@H]1CO. The van der Waals surface area contributed by atoms with Crippen LogP contribution in [0.4, 0.5) is 0 Å². The molecule has 3 aliphatic rings. The molecule has 2 saturated carbocycles. The van der Waals surface area contributed by atoms with Crippen molar-refractivity contribution in [2.75, 3.05) is 6.61 Å². The molecule has 0 radical (unpaired) electrons. The lowest BCUT2D eigenvalue weighted by molar-refractivity contribution is -0.202. The van der Waals surface area contributed by atoms with Crippen LogP contribution >= 0.6 is 0 Å². The molecule has 0 spiro atoms. The predicted octanol–water partition coefficient (Wildman–Crippen LogP) is 4.72. The van der Waals surface area contributed by atoms with Crippen LogP contribution in [-0.2, 0) is 4.74 Å². The van der Waals surface area contributed by atoms with E-state index in [0.29, 0.717) is 16.7 Å². The first-order valence-corrected chi connectivity index (χ1v) is 9.19. The van der Waals surface area contributed by atoms with Crippen molar-refractivity contribution in [3.05, 3.63) is 12.2 Å². The zero-order valence-electron chi connectivity index (χ0n) is 15.0. The lowest BCUT2D eigenvalue weighted by Gasteiger charge is -2.62. The molecule has 2 aliphatic carbocycles. The molecule has 5 atom stereocenters. The van der Waals surface area contributed by atoms with Crippen LogP contribution in [0.2, 0.25) is 0 Å². The van der Waals surface area contributed by atoms with Gasteiger partial charge in [0.2, 0.25) is 0 Å². The summed E-state index contributed by atoms with van der Waals surface area (Å²) in [5, 5.41) is 9.69. The maximum atomic E-state index is 9.69. The summed E-state index contributed by atoms with van der Waals surface area (Å²) < 4.78 is 6.50. The molecular formula is C20H34O2. The second kappa shape index (κ2) is 5.34. The van der Waals surface area contributed by atoms with Gasteiger partial charge < -0.3 is 9.84 Å². The van der Waals surface area contributed by atoms with Gasteiger partial charge >= 0.3 is 0 Å². The summed E-state index contributed by atoms with van der Waals surface area (Å²) in [4.78, 5) is 0. The van der Waals surface area contributed by atoms with Crippen LogP contribution in [0.3, 0.4) is 0 Å². The number of hydrogen-bond acceptors (Lipinski definition) is 2. The van der Waals surface area contributed by atoms with Crippen molar-refractivity contribution in [3.8, 4) is 0 Å². The molecule has 0 unspecified atom stereocenters. The Morgan fingerprint density at radius 2 is 1.82 bits per heavy atom. The van der Waals surface area contributed by atoms with Gasteiger partial charge in [-0.15, -0.1) is 0 Å². The van der Waals surface area contributed by atoms with Crippen molar-refractivity contribution in [3.63, 3.8) is 0 Å². The maximum absolute atomic E-state index is 9.69. The number of hydrogen-bond donors (Lipinski definition) is 1. The molecular weight excluding hydrogens is 272 g/mol. The molecule has 0 aromatic heterocycles. The average molecular weight is 306 g/mol. The fourth-order valence-corrected chi connectivity index (χ4v) is 6.45. The Hall–Kier alpha value is -0.340. The van der Waals surface area contributed by atoms with Crippen LogP contribution in [0.15, 0.2) is 12.2 Å². The Morgan fingerprint density at radius 1 is 1.09 bits per heavy atom. The molecule has 1 N–H and O–H groups in total. The van der Waals surface area contributed by atoms with Gasteiger partial charge in [-0.3, -0.25) is 0 Å². The second-order valence-corrected chi connectivity index (χ2v) is 9.29. The highest BCUT2D eigenvalue weighted by molar-refractivity contribution is 5.14. The molecule has 2 nitrogen and oxygen atoms in total. The summed E-state index contributed by atoms with van der Waals surface area (Å²) in [6.45, 7) is 14.1. The van der Waals surface area contributed by atoms with Crippen LogP contribution in [-0.4, -0.2) is 23.4 Å². The molecule has 0 aromatic carbocycles. The fourth-order valence-electron chi connectivity index (χ4n) is 6.45. The smallest absolute Gasteiger partial charge is 0.102 e. The molecule has 0 amide bonds. The topological polar surface area (TPSA) is 29.5 Å². The van der Waals surface area contributed by atoms with Gasteiger partial charge in [-0.2, -0.15) is 0 Å². The quantitative estimate of drug-likeness (QED) is 0.711. The third kappa shape index (κ3) is 2.38. The lowest BCUT2D eigenvalue weighted by atomic mass is 9.45. The zero-order chi connectivity index (χ0) is 16.2. The average Bonchev–Trinajstić information content (AvgIpc) is 2.55. The van der Waals surface area contributed by atoms with Gasteiger partial charge in [-0.1, -0.05) is 33.8 Å². The Morgan fingerprint density at radius 3 is 2.50 bits per heavy atom. The minimum absolute atomic E-state index is 0.0762. The van der Waals surface area contributed by atoms with Crippen molar-refractivity contribution in [2.24, 2.45) is 22.7 Å². The largest absolute Gasteiger partial charge is 0.393 e. The van der Waals surface area contributed by atoms with Crippen molar-refractivity contribution >= 4 is 0 Å². The molecule has 3 rings (SSSR count). The Labute approximate surface area is 136 Å². The molecule has 1 aliphatic heterocycles. The van der Waals surface area contributed by atoms with Crippen molar-refractivity contribution in [2.45, 2.75) is 84.3 Å². The third-order valence-electron chi connectivity index (χ3n) is 7.53. The molecule has 22 heavy (non-hydrogen) atoms. The van der Waals surface area contributed by atoms with Crippen molar-refractivity contribution in [1.29, 1.82) is 0 Å².